The Hall–Kier alpha value is -1.59. The molecule has 2 amide bonds. The van der Waals surface area contributed by atoms with Crippen molar-refractivity contribution in [2.75, 3.05) is 39.4 Å². The lowest BCUT2D eigenvalue weighted by atomic mass is 10.1. The molecule has 1 aromatic rings. The smallest absolute Gasteiger partial charge is 0.320 e. The molecule has 2 saturated heterocycles. The van der Waals surface area contributed by atoms with E-state index in [1.165, 1.54) is 0 Å². The predicted octanol–water partition coefficient (Wildman–Crippen LogP) is 1.90. The third kappa shape index (κ3) is 3.36. The molecule has 0 aromatic heterocycles. The molecule has 21 heavy (non-hydrogen) atoms. The number of hydrogen-bond donors (Lipinski definition) is 0. The number of ether oxygens (including phenoxy) is 2. The second-order valence-electron chi connectivity index (χ2n) is 5.63. The normalized spacial score (nSPS) is 26.7. The molecule has 0 saturated carbocycles. The fourth-order valence-corrected chi connectivity index (χ4v) is 2.91. The minimum atomic E-state index is -0.0417. The molecule has 5 heteroatoms. The van der Waals surface area contributed by atoms with Gasteiger partial charge in [-0.3, -0.25) is 0 Å². The van der Waals surface area contributed by atoms with Gasteiger partial charge in [0.1, 0.15) is 6.10 Å². The van der Waals surface area contributed by atoms with Crippen LogP contribution in [0, 0.1) is 0 Å². The topological polar surface area (TPSA) is 42.0 Å². The number of hydrogen-bond acceptors (Lipinski definition) is 3. The molecule has 5 nitrogen and oxygen atoms in total. The largest absolute Gasteiger partial charge is 0.378 e. The first-order chi connectivity index (χ1) is 10.2. The molecule has 1 aromatic carbocycles. The van der Waals surface area contributed by atoms with Gasteiger partial charge in [-0.2, -0.15) is 0 Å². The Labute approximate surface area is 125 Å². The highest BCUT2D eigenvalue weighted by atomic mass is 16.5. The van der Waals surface area contributed by atoms with Gasteiger partial charge in [0.25, 0.3) is 0 Å². The molecule has 0 spiro atoms. The van der Waals surface area contributed by atoms with Crippen LogP contribution in [-0.4, -0.2) is 61.3 Å². The Morgan fingerprint density at radius 1 is 1.10 bits per heavy atom. The summed E-state index contributed by atoms with van der Waals surface area (Å²) < 4.78 is 11.3. The summed E-state index contributed by atoms with van der Waals surface area (Å²) in [4.78, 5) is 16.4. The third-order valence-corrected chi connectivity index (χ3v) is 3.98. The number of morpholine rings is 2. The van der Waals surface area contributed by atoms with E-state index in [-0.39, 0.29) is 18.2 Å². The second kappa shape index (κ2) is 6.45. The average Bonchev–Trinajstić information content (AvgIpc) is 2.55. The van der Waals surface area contributed by atoms with Crippen LogP contribution in [0.2, 0.25) is 0 Å². The molecule has 2 aliphatic rings. The molecule has 2 heterocycles. The molecular weight excluding hydrogens is 268 g/mol. The van der Waals surface area contributed by atoms with Gasteiger partial charge in [-0.15, -0.1) is 0 Å². The van der Waals surface area contributed by atoms with Crippen molar-refractivity contribution in [1.29, 1.82) is 0 Å². The van der Waals surface area contributed by atoms with E-state index in [4.69, 9.17) is 9.47 Å². The highest BCUT2D eigenvalue weighted by Crippen LogP contribution is 2.25. The molecular formula is C16H22N2O3. The monoisotopic (exact) mass is 290 g/mol. The minimum Gasteiger partial charge on any atom is -0.378 e. The van der Waals surface area contributed by atoms with E-state index in [2.05, 4.69) is 12.1 Å². The first kappa shape index (κ1) is 14.4. The Balaban J connectivity index is 1.69. The molecule has 114 valence electrons. The van der Waals surface area contributed by atoms with Gasteiger partial charge < -0.3 is 19.3 Å². The molecule has 0 aliphatic carbocycles. The zero-order valence-electron chi connectivity index (χ0n) is 12.4. The van der Waals surface area contributed by atoms with Crippen molar-refractivity contribution in [2.24, 2.45) is 0 Å². The van der Waals surface area contributed by atoms with Gasteiger partial charge >= 0.3 is 6.03 Å². The molecule has 0 N–H and O–H groups in total. The fraction of sp³-hybridized carbons (Fsp3) is 0.562. The van der Waals surface area contributed by atoms with Gasteiger partial charge in [0, 0.05) is 19.6 Å². The van der Waals surface area contributed by atoms with Gasteiger partial charge in [-0.05, 0) is 12.5 Å². The number of urea groups is 1. The summed E-state index contributed by atoms with van der Waals surface area (Å²) in [5.41, 5.74) is 1.13. The van der Waals surface area contributed by atoms with Gasteiger partial charge in [-0.25, -0.2) is 4.79 Å². The van der Waals surface area contributed by atoms with Crippen molar-refractivity contribution >= 4 is 6.03 Å². The molecule has 0 bridgehead atoms. The highest BCUT2D eigenvalue weighted by molar-refractivity contribution is 5.74. The SMILES string of the molecule is CC1CN(C(=O)N2CCOCC2)CC(c2ccccc2)O1. The van der Waals surface area contributed by atoms with Crippen LogP contribution in [0.4, 0.5) is 4.79 Å². The summed E-state index contributed by atoms with van der Waals surface area (Å²) in [6.45, 7) is 5.92. The Bertz CT molecular complexity index is 474. The number of amides is 2. The lowest BCUT2D eigenvalue weighted by molar-refractivity contribution is -0.0714. The van der Waals surface area contributed by atoms with E-state index in [1.807, 2.05) is 34.9 Å². The summed E-state index contributed by atoms with van der Waals surface area (Å²) in [5.74, 6) is 0. The van der Waals surface area contributed by atoms with E-state index < -0.39 is 0 Å². The zero-order chi connectivity index (χ0) is 14.7. The number of carbonyl (C=O) groups is 1. The quantitative estimate of drug-likeness (QED) is 0.793. The molecule has 2 unspecified atom stereocenters. The van der Waals surface area contributed by atoms with Gasteiger partial charge in [-0.1, -0.05) is 30.3 Å². The lowest BCUT2D eigenvalue weighted by Gasteiger charge is -2.40. The number of carbonyl (C=O) groups excluding carboxylic acids is 1. The van der Waals surface area contributed by atoms with Crippen molar-refractivity contribution in [3.63, 3.8) is 0 Å². The van der Waals surface area contributed by atoms with Gasteiger partial charge in [0.15, 0.2) is 0 Å². The lowest BCUT2D eigenvalue weighted by Crippen LogP contribution is -2.53. The molecule has 2 atom stereocenters. The summed E-state index contributed by atoms with van der Waals surface area (Å²) in [6, 6.07) is 10.2. The average molecular weight is 290 g/mol. The van der Waals surface area contributed by atoms with Crippen LogP contribution >= 0.6 is 0 Å². The number of benzene rings is 1. The van der Waals surface area contributed by atoms with Gasteiger partial charge in [0.2, 0.25) is 0 Å². The number of nitrogens with zero attached hydrogens (tertiary/aromatic N) is 2. The Morgan fingerprint density at radius 2 is 1.81 bits per heavy atom. The van der Waals surface area contributed by atoms with Crippen LogP contribution in [0.3, 0.4) is 0 Å². The molecule has 3 rings (SSSR count). The summed E-state index contributed by atoms with van der Waals surface area (Å²) >= 11 is 0. The van der Waals surface area contributed by atoms with Crippen LogP contribution in [0.1, 0.15) is 18.6 Å². The van der Waals surface area contributed by atoms with Crippen LogP contribution in [0.5, 0.6) is 0 Å². The second-order valence-corrected chi connectivity index (χ2v) is 5.63. The third-order valence-electron chi connectivity index (χ3n) is 3.98. The maximum atomic E-state index is 12.6. The van der Waals surface area contributed by atoms with Crippen LogP contribution in [0.15, 0.2) is 30.3 Å². The van der Waals surface area contributed by atoms with Gasteiger partial charge in [0.05, 0.1) is 25.9 Å². The van der Waals surface area contributed by atoms with E-state index in [9.17, 15) is 4.79 Å². The Morgan fingerprint density at radius 3 is 2.52 bits per heavy atom. The summed E-state index contributed by atoms with van der Waals surface area (Å²) in [6.07, 6.45) is 0.00823. The minimum absolute atomic E-state index is 0.0417. The standard InChI is InChI=1S/C16H22N2O3/c1-13-11-18(16(19)17-7-9-20-10-8-17)12-15(21-13)14-5-3-2-4-6-14/h2-6,13,15H,7-12H2,1H3. The number of rotatable bonds is 1. The van der Waals surface area contributed by atoms with Crippen molar-refractivity contribution in [2.45, 2.75) is 19.1 Å². The van der Waals surface area contributed by atoms with E-state index in [0.29, 0.717) is 39.4 Å². The first-order valence-corrected chi connectivity index (χ1v) is 7.56. The predicted molar refractivity (Wildman–Crippen MR) is 79.1 cm³/mol. The summed E-state index contributed by atoms with van der Waals surface area (Å²) in [5, 5.41) is 0. The maximum absolute atomic E-state index is 12.6. The van der Waals surface area contributed by atoms with Crippen molar-refractivity contribution in [3.05, 3.63) is 35.9 Å². The Kier molecular flexibility index (Phi) is 4.41. The molecule has 2 fully saturated rings. The summed E-state index contributed by atoms with van der Waals surface area (Å²) in [7, 11) is 0. The van der Waals surface area contributed by atoms with Crippen LogP contribution in [-0.2, 0) is 9.47 Å². The first-order valence-electron chi connectivity index (χ1n) is 7.56. The fourth-order valence-electron chi connectivity index (χ4n) is 2.91. The molecule has 2 aliphatic heterocycles. The van der Waals surface area contributed by atoms with E-state index >= 15 is 0 Å². The highest BCUT2D eigenvalue weighted by Gasteiger charge is 2.32. The van der Waals surface area contributed by atoms with E-state index in [1.54, 1.807) is 0 Å². The van der Waals surface area contributed by atoms with Crippen LogP contribution in [0.25, 0.3) is 0 Å². The van der Waals surface area contributed by atoms with Crippen molar-refractivity contribution in [1.82, 2.24) is 9.80 Å². The van der Waals surface area contributed by atoms with Crippen molar-refractivity contribution in [3.8, 4) is 0 Å². The zero-order valence-corrected chi connectivity index (χ0v) is 12.4. The molecule has 0 radical (unpaired) electrons. The van der Waals surface area contributed by atoms with Crippen molar-refractivity contribution < 1.29 is 14.3 Å². The van der Waals surface area contributed by atoms with E-state index in [0.717, 1.165) is 5.56 Å². The van der Waals surface area contributed by atoms with Crippen LogP contribution < -0.4 is 0 Å². The maximum Gasteiger partial charge on any atom is 0.320 e.